The van der Waals surface area contributed by atoms with Gasteiger partial charge in [0.1, 0.15) is 17.6 Å². The molecule has 1 aromatic carbocycles. The highest BCUT2D eigenvalue weighted by atomic mass is 19.4. The van der Waals surface area contributed by atoms with Crippen LogP contribution in [-0.2, 0) is 17.5 Å². The Morgan fingerprint density at radius 1 is 1.32 bits per heavy atom. The number of carboxylic acid groups (broad SMARTS) is 1. The Bertz CT molecular complexity index is 664. The number of aliphatic carboxylic acids is 1. The van der Waals surface area contributed by atoms with Gasteiger partial charge in [0.2, 0.25) is 0 Å². The molecular formula is C15H14F3NO3. The topological polar surface area (TPSA) is 62.5 Å². The molecule has 7 heteroatoms. The third-order valence-electron chi connectivity index (χ3n) is 3.09. The maximum absolute atomic E-state index is 12.7. The van der Waals surface area contributed by atoms with Crippen molar-refractivity contribution in [2.24, 2.45) is 0 Å². The van der Waals surface area contributed by atoms with E-state index in [1.807, 2.05) is 0 Å². The fourth-order valence-electron chi connectivity index (χ4n) is 1.82. The molecule has 0 aliphatic carbocycles. The third kappa shape index (κ3) is 3.88. The summed E-state index contributed by atoms with van der Waals surface area (Å²) in [6.45, 7) is 1.66. The Morgan fingerprint density at radius 3 is 2.68 bits per heavy atom. The van der Waals surface area contributed by atoms with Gasteiger partial charge in [0.15, 0.2) is 0 Å². The smallest absolute Gasteiger partial charge is 0.416 e. The van der Waals surface area contributed by atoms with Crippen molar-refractivity contribution < 1.29 is 27.5 Å². The van der Waals surface area contributed by atoms with E-state index in [1.54, 1.807) is 12.1 Å². The summed E-state index contributed by atoms with van der Waals surface area (Å²) in [7, 11) is 0. The van der Waals surface area contributed by atoms with Gasteiger partial charge in [-0.15, -0.1) is 0 Å². The quantitative estimate of drug-likeness (QED) is 0.886. The lowest BCUT2D eigenvalue weighted by atomic mass is 10.1. The van der Waals surface area contributed by atoms with Crippen LogP contribution in [0.15, 0.2) is 40.8 Å². The molecule has 0 unspecified atom stereocenters. The van der Waals surface area contributed by atoms with Crippen LogP contribution in [0.5, 0.6) is 0 Å². The van der Waals surface area contributed by atoms with Gasteiger partial charge in [0.25, 0.3) is 0 Å². The third-order valence-corrected chi connectivity index (χ3v) is 3.09. The molecule has 0 spiro atoms. The monoisotopic (exact) mass is 313 g/mol. The van der Waals surface area contributed by atoms with Crippen LogP contribution in [0.4, 0.5) is 13.2 Å². The van der Waals surface area contributed by atoms with Crippen molar-refractivity contribution in [2.45, 2.75) is 25.7 Å². The summed E-state index contributed by atoms with van der Waals surface area (Å²) in [5.74, 6) is -0.254. The van der Waals surface area contributed by atoms with Gasteiger partial charge in [-0.3, -0.25) is 10.1 Å². The van der Waals surface area contributed by atoms with Crippen LogP contribution in [0.1, 0.15) is 18.2 Å². The molecule has 0 amide bonds. The summed E-state index contributed by atoms with van der Waals surface area (Å²) in [6.07, 6.45) is -4.41. The number of benzene rings is 1. The number of furan rings is 1. The van der Waals surface area contributed by atoms with Gasteiger partial charge in [-0.05, 0) is 31.2 Å². The molecule has 1 aromatic heterocycles. The van der Waals surface area contributed by atoms with Crippen molar-refractivity contribution in [2.75, 3.05) is 0 Å². The second-order valence-electron chi connectivity index (χ2n) is 4.79. The molecule has 0 saturated carbocycles. The molecule has 2 rings (SSSR count). The zero-order valence-electron chi connectivity index (χ0n) is 11.6. The molecule has 1 atom stereocenters. The molecule has 4 nitrogen and oxygen atoms in total. The van der Waals surface area contributed by atoms with Crippen LogP contribution < -0.4 is 5.32 Å². The lowest BCUT2D eigenvalue weighted by molar-refractivity contribution is -0.139. The summed E-state index contributed by atoms with van der Waals surface area (Å²) in [5.41, 5.74) is -0.437. The molecule has 2 aromatic rings. The minimum Gasteiger partial charge on any atom is -0.480 e. The lowest BCUT2D eigenvalue weighted by Crippen LogP contribution is -2.32. The van der Waals surface area contributed by atoms with Gasteiger partial charge >= 0.3 is 12.1 Å². The number of hydrogen-bond acceptors (Lipinski definition) is 3. The highest BCUT2D eigenvalue weighted by molar-refractivity contribution is 5.72. The van der Waals surface area contributed by atoms with Gasteiger partial charge in [-0.25, -0.2) is 0 Å². The van der Waals surface area contributed by atoms with E-state index in [4.69, 9.17) is 9.52 Å². The Labute approximate surface area is 124 Å². The van der Waals surface area contributed by atoms with E-state index in [1.165, 1.54) is 19.1 Å². The molecule has 118 valence electrons. The van der Waals surface area contributed by atoms with E-state index in [0.717, 1.165) is 12.1 Å². The van der Waals surface area contributed by atoms with Crippen molar-refractivity contribution >= 4 is 5.97 Å². The van der Waals surface area contributed by atoms with E-state index in [0.29, 0.717) is 17.1 Å². The zero-order chi connectivity index (χ0) is 16.3. The van der Waals surface area contributed by atoms with Crippen LogP contribution >= 0.6 is 0 Å². The first kappa shape index (κ1) is 16.1. The van der Waals surface area contributed by atoms with Crippen LogP contribution in [0.2, 0.25) is 0 Å². The number of alkyl halides is 3. The van der Waals surface area contributed by atoms with E-state index in [9.17, 15) is 18.0 Å². The molecule has 0 radical (unpaired) electrons. The molecule has 0 saturated heterocycles. The predicted molar refractivity (Wildman–Crippen MR) is 73.1 cm³/mol. The maximum Gasteiger partial charge on any atom is 0.416 e. The van der Waals surface area contributed by atoms with Crippen LogP contribution in [-0.4, -0.2) is 17.1 Å². The standard InChI is InChI=1S/C15H14F3NO3/c1-9(14(20)21)19-8-12-5-6-13(22-12)10-3-2-4-11(7-10)15(16,17)18/h2-7,9,19H,8H2,1H3,(H,20,21)/t9-/m1/s1. The van der Waals surface area contributed by atoms with Crippen molar-refractivity contribution in [1.29, 1.82) is 0 Å². The van der Waals surface area contributed by atoms with Crippen LogP contribution in [0.3, 0.4) is 0 Å². The van der Waals surface area contributed by atoms with Gasteiger partial charge < -0.3 is 9.52 Å². The molecule has 0 fully saturated rings. The average molecular weight is 313 g/mol. The number of rotatable bonds is 5. The molecule has 22 heavy (non-hydrogen) atoms. The number of nitrogens with one attached hydrogen (secondary N) is 1. The Hall–Kier alpha value is -2.28. The van der Waals surface area contributed by atoms with Gasteiger partial charge in [0.05, 0.1) is 12.1 Å². The average Bonchev–Trinajstić information content (AvgIpc) is 2.92. The first-order valence-electron chi connectivity index (χ1n) is 6.50. The Balaban J connectivity index is 2.13. The van der Waals surface area contributed by atoms with E-state index in [2.05, 4.69) is 5.32 Å². The number of carbonyl (C=O) groups is 1. The van der Waals surface area contributed by atoms with Crippen molar-refractivity contribution in [3.05, 3.63) is 47.7 Å². The van der Waals surface area contributed by atoms with Gasteiger partial charge in [-0.1, -0.05) is 12.1 Å². The summed E-state index contributed by atoms with van der Waals surface area (Å²) in [6, 6.07) is 7.23. The van der Waals surface area contributed by atoms with Crippen molar-refractivity contribution in [3.63, 3.8) is 0 Å². The second kappa shape index (κ2) is 6.23. The largest absolute Gasteiger partial charge is 0.480 e. The van der Waals surface area contributed by atoms with Gasteiger partial charge in [-0.2, -0.15) is 13.2 Å². The normalized spacial score (nSPS) is 13.1. The van der Waals surface area contributed by atoms with Crippen molar-refractivity contribution in [1.82, 2.24) is 5.32 Å². The highest BCUT2D eigenvalue weighted by Gasteiger charge is 2.30. The highest BCUT2D eigenvalue weighted by Crippen LogP contribution is 2.32. The molecule has 1 heterocycles. The van der Waals surface area contributed by atoms with Crippen molar-refractivity contribution in [3.8, 4) is 11.3 Å². The predicted octanol–water partition coefficient (Wildman–Crippen LogP) is 3.53. The Kier molecular flexibility index (Phi) is 4.56. The van der Waals surface area contributed by atoms with E-state index >= 15 is 0 Å². The van der Waals surface area contributed by atoms with Crippen LogP contribution in [0, 0.1) is 0 Å². The first-order chi connectivity index (χ1) is 10.3. The zero-order valence-corrected chi connectivity index (χ0v) is 11.6. The first-order valence-corrected chi connectivity index (χ1v) is 6.50. The molecule has 0 aliphatic rings. The molecule has 0 aliphatic heterocycles. The second-order valence-corrected chi connectivity index (χ2v) is 4.79. The van der Waals surface area contributed by atoms with E-state index < -0.39 is 23.8 Å². The summed E-state index contributed by atoms with van der Waals surface area (Å²) in [4.78, 5) is 10.7. The number of hydrogen-bond donors (Lipinski definition) is 2. The minimum atomic E-state index is -4.41. The molecule has 2 N–H and O–H groups in total. The SMILES string of the molecule is C[C@@H](NCc1ccc(-c2cccc(C(F)(F)F)c2)o1)C(=O)O. The summed E-state index contributed by atoms with van der Waals surface area (Å²) < 4.78 is 43.5. The fraction of sp³-hybridized carbons (Fsp3) is 0.267. The minimum absolute atomic E-state index is 0.173. The van der Waals surface area contributed by atoms with Gasteiger partial charge in [0, 0.05) is 5.56 Å². The van der Waals surface area contributed by atoms with E-state index in [-0.39, 0.29) is 6.54 Å². The molecule has 0 bridgehead atoms. The maximum atomic E-state index is 12.7. The summed E-state index contributed by atoms with van der Waals surface area (Å²) in [5, 5.41) is 11.5. The number of carboxylic acids is 1. The van der Waals surface area contributed by atoms with Crippen LogP contribution in [0.25, 0.3) is 11.3 Å². The summed E-state index contributed by atoms with van der Waals surface area (Å²) >= 11 is 0. The number of halogens is 3. The lowest BCUT2D eigenvalue weighted by Gasteiger charge is -2.08. The fourth-order valence-corrected chi connectivity index (χ4v) is 1.82. The Morgan fingerprint density at radius 2 is 2.05 bits per heavy atom. The molecular weight excluding hydrogens is 299 g/mol.